The molecule has 0 aliphatic carbocycles. The lowest BCUT2D eigenvalue weighted by molar-refractivity contribution is -0.137. The van der Waals surface area contributed by atoms with E-state index in [1.165, 1.54) is 18.4 Å². The number of thiophene rings is 1. The largest absolute Gasteiger partial charge is 0.497 e. The van der Waals surface area contributed by atoms with Crippen LogP contribution >= 0.6 is 11.3 Å². The number of aromatic amines is 1. The number of nitrogens with zero attached hydrogens (tertiary/aromatic N) is 1. The first-order valence-corrected chi connectivity index (χ1v) is 12.3. The Bertz CT molecular complexity index is 1480. The van der Waals surface area contributed by atoms with Crippen molar-refractivity contribution in [3.8, 4) is 5.75 Å². The third-order valence-electron chi connectivity index (χ3n) is 5.19. The number of ether oxygens (including phenoxy) is 1. The van der Waals surface area contributed by atoms with Crippen molar-refractivity contribution in [1.29, 1.82) is 0 Å². The van der Waals surface area contributed by atoms with Gasteiger partial charge in [0.1, 0.15) is 5.75 Å². The first-order chi connectivity index (χ1) is 16.1. The van der Waals surface area contributed by atoms with Crippen molar-refractivity contribution in [1.82, 2.24) is 9.29 Å². The van der Waals surface area contributed by atoms with Crippen molar-refractivity contribution >= 4 is 32.3 Å². The van der Waals surface area contributed by atoms with E-state index in [0.29, 0.717) is 27.6 Å². The zero-order chi connectivity index (χ0) is 24.5. The van der Waals surface area contributed by atoms with Gasteiger partial charge in [0.25, 0.3) is 5.56 Å². The molecule has 0 aliphatic heterocycles. The van der Waals surface area contributed by atoms with E-state index in [-0.39, 0.29) is 18.7 Å². The number of hydrogen-bond donors (Lipinski definition) is 1. The van der Waals surface area contributed by atoms with Crippen molar-refractivity contribution in [3.05, 3.63) is 92.4 Å². The Hall–Kier alpha value is -3.15. The zero-order valence-corrected chi connectivity index (χ0v) is 19.4. The minimum atomic E-state index is -4.70. The summed E-state index contributed by atoms with van der Waals surface area (Å²) in [6.45, 7) is -0.440. The standard InChI is InChI=1S/C23H19F3N2O4S2/c1-32-18-7-8-21-15(11-18)10-16(22(29)27-21)13-28(14-19-5-3-9-33-19)34(30,31)20-6-2-4-17(12-20)23(24,25)26/h2-12H,13-14H2,1H3,(H,27,29). The maximum atomic E-state index is 13.4. The predicted molar refractivity (Wildman–Crippen MR) is 123 cm³/mol. The van der Waals surface area contributed by atoms with Gasteiger partial charge >= 0.3 is 6.18 Å². The molecule has 0 saturated heterocycles. The van der Waals surface area contributed by atoms with Crippen LogP contribution in [0.1, 0.15) is 16.0 Å². The van der Waals surface area contributed by atoms with Gasteiger partial charge in [0.05, 0.1) is 17.6 Å². The molecule has 34 heavy (non-hydrogen) atoms. The second-order valence-electron chi connectivity index (χ2n) is 7.45. The molecule has 4 rings (SSSR count). The van der Waals surface area contributed by atoms with Crippen LogP contribution in [0.25, 0.3) is 10.9 Å². The molecule has 0 radical (unpaired) electrons. The van der Waals surface area contributed by atoms with Crippen molar-refractivity contribution in [2.45, 2.75) is 24.2 Å². The molecule has 178 valence electrons. The number of methoxy groups -OCH3 is 1. The number of fused-ring (bicyclic) bond motifs is 1. The van der Waals surface area contributed by atoms with E-state index in [2.05, 4.69) is 4.98 Å². The third-order valence-corrected chi connectivity index (χ3v) is 7.84. The van der Waals surface area contributed by atoms with Gasteiger partial charge in [-0.3, -0.25) is 4.79 Å². The maximum absolute atomic E-state index is 13.4. The van der Waals surface area contributed by atoms with E-state index >= 15 is 0 Å². The van der Waals surface area contributed by atoms with Gasteiger partial charge in [0.2, 0.25) is 10.0 Å². The lowest BCUT2D eigenvalue weighted by atomic mass is 10.1. The van der Waals surface area contributed by atoms with Crippen LogP contribution in [0.2, 0.25) is 0 Å². The van der Waals surface area contributed by atoms with Crippen LogP contribution in [-0.2, 0) is 29.3 Å². The number of aromatic nitrogens is 1. The average Bonchev–Trinajstić information content (AvgIpc) is 3.31. The van der Waals surface area contributed by atoms with Crippen LogP contribution in [0.15, 0.2) is 75.7 Å². The fraction of sp³-hybridized carbons (Fsp3) is 0.174. The second-order valence-corrected chi connectivity index (χ2v) is 10.4. The number of alkyl halides is 3. The van der Waals surface area contributed by atoms with E-state index < -0.39 is 32.2 Å². The summed E-state index contributed by atoms with van der Waals surface area (Å²) in [5.74, 6) is 0.553. The molecular formula is C23H19F3N2O4S2. The van der Waals surface area contributed by atoms with E-state index in [1.807, 2.05) is 0 Å². The second kappa shape index (κ2) is 9.24. The van der Waals surface area contributed by atoms with Crippen molar-refractivity contribution in [3.63, 3.8) is 0 Å². The third kappa shape index (κ3) is 5.01. The van der Waals surface area contributed by atoms with E-state index in [4.69, 9.17) is 4.74 Å². The number of pyridine rings is 1. The van der Waals surface area contributed by atoms with Crippen molar-refractivity contribution in [2.24, 2.45) is 0 Å². The number of sulfonamides is 1. The maximum Gasteiger partial charge on any atom is 0.416 e. The average molecular weight is 509 g/mol. The predicted octanol–water partition coefficient (Wildman–Crippen LogP) is 5.01. The van der Waals surface area contributed by atoms with E-state index in [0.717, 1.165) is 22.5 Å². The fourth-order valence-electron chi connectivity index (χ4n) is 3.45. The molecule has 0 saturated carbocycles. The molecular weight excluding hydrogens is 489 g/mol. The van der Waals surface area contributed by atoms with Gasteiger partial charge in [-0.2, -0.15) is 17.5 Å². The van der Waals surface area contributed by atoms with Crippen LogP contribution < -0.4 is 10.3 Å². The Morgan fingerprint density at radius 1 is 1.03 bits per heavy atom. The lowest BCUT2D eigenvalue weighted by Gasteiger charge is -2.22. The number of hydrogen-bond acceptors (Lipinski definition) is 5. The molecule has 11 heteroatoms. The molecule has 0 spiro atoms. The van der Waals surface area contributed by atoms with Crippen LogP contribution in [0, 0.1) is 0 Å². The Morgan fingerprint density at radius 2 is 1.82 bits per heavy atom. The summed E-state index contributed by atoms with van der Waals surface area (Å²) in [4.78, 5) is 15.6. The summed E-state index contributed by atoms with van der Waals surface area (Å²) in [7, 11) is -2.88. The highest BCUT2D eigenvalue weighted by Crippen LogP contribution is 2.32. The number of H-pyrrole nitrogens is 1. The molecule has 2 aromatic carbocycles. The SMILES string of the molecule is COc1ccc2[nH]c(=O)c(CN(Cc3cccs3)S(=O)(=O)c3cccc(C(F)(F)F)c3)cc2c1. The molecule has 2 heterocycles. The fourth-order valence-corrected chi connectivity index (χ4v) is 5.69. The van der Waals surface area contributed by atoms with Gasteiger partial charge in [0, 0.05) is 34.4 Å². The summed E-state index contributed by atoms with van der Waals surface area (Å²) < 4.78 is 72.7. The highest BCUT2D eigenvalue weighted by Gasteiger charge is 2.33. The lowest BCUT2D eigenvalue weighted by Crippen LogP contribution is -2.32. The first kappa shape index (κ1) is 24.0. The molecule has 4 aromatic rings. The quantitative estimate of drug-likeness (QED) is 0.381. The van der Waals surface area contributed by atoms with Crippen LogP contribution in [0.4, 0.5) is 13.2 Å². The Balaban J connectivity index is 1.78. The van der Waals surface area contributed by atoms with Crippen molar-refractivity contribution < 1.29 is 26.3 Å². The Morgan fingerprint density at radius 3 is 2.50 bits per heavy atom. The minimum absolute atomic E-state index is 0.105. The van der Waals surface area contributed by atoms with Crippen LogP contribution in [0.3, 0.4) is 0 Å². The molecule has 6 nitrogen and oxygen atoms in total. The van der Waals surface area contributed by atoms with Gasteiger partial charge in [-0.1, -0.05) is 12.1 Å². The number of rotatable bonds is 7. The topological polar surface area (TPSA) is 79.5 Å². The molecule has 2 aromatic heterocycles. The highest BCUT2D eigenvalue weighted by atomic mass is 32.2. The molecule has 0 atom stereocenters. The molecule has 0 unspecified atom stereocenters. The van der Waals surface area contributed by atoms with E-state index in [1.54, 1.807) is 41.8 Å². The number of nitrogens with one attached hydrogen (secondary N) is 1. The van der Waals surface area contributed by atoms with Gasteiger partial charge in [-0.15, -0.1) is 11.3 Å². The Kier molecular flexibility index (Phi) is 6.52. The number of benzene rings is 2. The minimum Gasteiger partial charge on any atom is -0.497 e. The Labute approximate surface area is 197 Å². The smallest absolute Gasteiger partial charge is 0.416 e. The number of halogens is 3. The van der Waals surface area contributed by atoms with E-state index in [9.17, 15) is 26.4 Å². The van der Waals surface area contributed by atoms with Gasteiger partial charge in [0.15, 0.2) is 0 Å². The summed E-state index contributed by atoms with van der Waals surface area (Å²) in [5, 5.41) is 2.39. The van der Waals surface area contributed by atoms with Crippen molar-refractivity contribution in [2.75, 3.05) is 7.11 Å². The summed E-state index contributed by atoms with van der Waals surface area (Å²) >= 11 is 1.30. The van der Waals surface area contributed by atoms with Gasteiger partial charge in [-0.05, 0) is 53.9 Å². The van der Waals surface area contributed by atoms with Gasteiger partial charge in [-0.25, -0.2) is 8.42 Å². The molecule has 1 N–H and O–H groups in total. The van der Waals surface area contributed by atoms with Crippen LogP contribution in [0.5, 0.6) is 5.75 Å². The summed E-state index contributed by atoms with van der Waals surface area (Å²) in [5.41, 5.74) is -0.874. The summed E-state index contributed by atoms with van der Waals surface area (Å²) in [6, 6.07) is 13.6. The normalized spacial score (nSPS) is 12.4. The highest BCUT2D eigenvalue weighted by molar-refractivity contribution is 7.89. The first-order valence-electron chi connectivity index (χ1n) is 9.97. The summed E-state index contributed by atoms with van der Waals surface area (Å²) in [6.07, 6.45) is -4.70. The molecule has 0 aliphatic rings. The molecule has 0 amide bonds. The van der Waals surface area contributed by atoms with Gasteiger partial charge < -0.3 is 9.72 Å². The monoisotopic (exact) mass is 508 g/mol. The zero-order valence-electron chi connectivity index (χ0n) is 17.8. The molecule has 0 fully saturated rings. The van der Waals surface area contributed by atoms with Crippen LogP contribution in [-0.4, -0.2) is 24.8 Å². The molecule has 0 bridgehead atoms.